The van der Waals surface area contributed by atoms with Crippen molar-refractivity contribution in [2.24, 2.45) is 0 Å². The van der Waals surface area contributed by atoms with E-state index >= 15 is 0 Å². The highest BCUT2D eigenvalue weighted by Gasteiger charge is 2.29. The number of carbonyl (C=O) groups is 4. The Labute approximate surface area is 120 Å². The molecule has 0 aromatic rings. The van der Waals surface area contributed by atoms with Crippen molar-refractivity contribution >= 4 is 31.9 Å². The van der Waals surface area contributed by atoms with E-state index in [1.807, 2.05) is 0 Å². The molecule has 0 fully saturated rings. The van der Waals surface area contributed by atoms with Crippen LogP contribution in [0.15, 0.2) is 0 Å². The van der Waals surface area contributed by atoms with E-state index in [2.05, 4.69) is 0 Å². The van der Waals surface area contributed by atoms with Crippen LogP contribution in [0.5, 0.6) is 0 Å². The molecular formula is C7H5O14P-8. The molecule has 130 valence electrons. The Kier molecular flexibility index (Phi) is 11.8. The second-order valence-corrected chi connectivity index (χ2v) is 4.01. The predicted molar refractivity (Wildman–Crippen MR) is 42.2 cm³/mol. The smallest absolute Gasteiger partial charge is 0.114 e. The number of carbonyl (C=O) groups excluding carboxylic acids is 4. The Morgan fingerprint density at radius 3 is 1.09 bits per heavy atom. The molecule has 1 N–H and O–H groups in total. The minimum Gasteiger partial charge on any atom is -0.822 e. The molecule has 15 heteroatoms. The zero-order valence-electron chi connectivity index (χ0n) is 10.1. The average molecular weight is 344 g/mol. The van der Waals surface area contributed by atoms with E-state index in [0.29, 0.717) is 0 Å². The fourth-order valence-electron chi connectivity index (χ4n) is 0.684. The molecule has 0 rings (SSSR count). The number of hydrogen-bond donors (Lipinski definition) is 1. The summed E-state index contributed by atoms with van der Waals surface area (Å²) in [5, 5.41) is 55.6. The molecule has 22 heavy (non-hydrogen) atoms. The number of aliphatic carboxylic acids is 3. The first-order valence-corrected chi connectivity index (χ1v) is 5.92. The maximum Gasteiger partial charge on any atom is 0.114 e. The molecule has 14 nitrogen and oxygen atoms in total. The summed E-state index contributed by atoms with van der Waals surface area (Å²) in [6.45, 7) is 0. The van der Waals surface area contributed by atoms with Crippen LogP contribution in [0.3, 0.4) is 0 Å². The molecule has 0 atom stereocenters. The molecule has 0 saturated heterocycles. The van der Waals surface area contributed by atoms with Crippen molar-refractivity contribution in [2.75, 3.05) is 0 Å². The summed E-state index contributed by atoms with van der Waals surface area (Å²) in [7, 11) is -5.39. The van der Waals surface area contributed by atoms with E-state index < -0.39 is 50.3 Å². The van der Waals surface area contributed by atoms with E-state index in [1.54, 1.807) is 0 Å². The second kappa shape index (κ2) is 10.5. The number of carboxylic acids is 3. The molecule has 0 heterocycles. The van der Waals surface area contributed by atoms with E-state index in [9.17, 15) is 29.7 Å². The second-order valence-electron chi connectivity index (χ2n) is 3.11. The van der Waals surface area contributed by atoms with E-state index in [4.69, 9.17) is 39.4 Å². The van der Waals surface area contributed by atoms with Crippen LogP contribution in [0.25, 0.3) is 0 Å². The van der Waals surface area contributed by atoms with Gasteiger partial charge in [0.25, 0.3) is 0 Å². The average Bonchev–Trinajstić information content (AvgIpc) is 2.09. The van der Waals surface area contributed by atoms with E-state index in [1.165, 1.54) is 0 Å². The molecule has 0 bridgehead atoms. The van der Waals surface area contributed by atoms with Crippen molar-refractivity contribution in [1.82, 2.24) is 0 Å². The van der Waals surface area contributed by atoms with Gasteiger partial charge in [-0.3, -0.25) is 0 Å². The maximum atomic E-state index is 10.1. The highest BCUT2D eigenvalue weighted by Crippen LogP contribution is 2.13. The Balaban J connectivity index is -0.000000330. The molecule has 0 saturated carbocycles. The van der Waals surface area contributed by atoms with Crippen molar-refractivity contribution in [3.63, 3.8) is 0 Å². The van der Waals surface area contributed by atoms with Crippen LogP contribution in [0.2, 0.25) is 0 Å². The van der Waals surface area contributed by atoms with Gasteiger partial charge in [0.2, 0.25) is 0 Å². The molecule has 0 amide bonds. The molecule has 0 aliphatic carbocycles. The number of carboxylic acid groups (broad SMARTS) is 5. The van der Waals surface area contributed by atoms with Gasteiger partial charge in [0, 0.05) is 24.8 Å². The minimum atomic E-state index is -5.39. The van der Waals surface area contributed by atoms with E-state index in [0.717, 1.165) is 0 Å². The van der Waals surface area contributed by atoms with Crippen molar-refractivity contribution < 1.29 is 69.1 Å². The third-order valence-electron chi connectivity index (χ3n) is 1.25. The lowest BCUT2D eigenvalue weighted by Crippen LogP contribution is -2.54. The Bertz CT molecular complexity index is 420. The van der Waals surface area contributed by atoms with Crippen LogP contribution >= 0.6 is 7.82 Å². The Morgan fingerprint density at radius 1 is 0.818 bits per heavy atom. The third kappa shape index (κ3) is 26.3. The van der Waals surface area contributed by atoms with Crippen molar-refractivity contribution in [3.05, 3.63) is 0 Å². The molecule has 0 radical (unpaired) electrons. The topological polar surface area (TPSA) is 290 Å². The number of aliphatic hydroxyl groups is 1. The lowest BCUT2D eigenvalue weighted by Gasteiger charge is -2.36. The van der Waals surface area contributed by atoms with Gasteiger partial charge in [0.15, 0.2) is 0 Å². The first kappa shape index (κ1) is 24.7. The normalized spacial score (nSPS) is 10.2. The number of phosphoric acid groups is 1. The van der Waals surface area contributed by atoms with Gasteiger partial charge in [-0.1, -0.05) is 0 Å². The van der Waals surface area contributed by atoms with Gasteiger partial charge in [-0.2, -0.15) is 7.82 Å². The number of hydrogen-bond acceptors (Lipinski definition) is 14. The van der Waals surface area contributed by atoms with Crippen LogP contribution in [-0.2, 0) is 18.9 Å². The summed E-state index contributed by atoms with van der Waals surface area (Å²) in [5.41, 5.74) is -2.97. The molecular weight excluding hydrogens is 339 g/mol. The Hall–Kier alpha value is -2.25. The standard InChI is InChI=1S/C6H8O7.CH2O3.H3O4P/c7-3(8)1-6(13,5(11)12)2-4(9)10;2-1(3)4;1-5(2,3)4/h13H,1-2H2,(H,7,8)(H,9,10)(H,11,12);(H2,2,3,4);(H3,1,2,3,4)/p-8. The van der Waals surface area contributed by atoms with Crippen LogP contribution in [0.4, 0.5) is 4.79 Å². The first-order chi connectivity index (χ1) is 9.51. The van der Waals surface area contributed by atoms with Crippen LogP contribution < -0.4 is 40.2 Å². The molecule has 0 unspecified atom stereocenters. The fourth-order valence-corrected chi connectivity index (χ4v) is 0.684. The van der Waals surface area contributed by atoms with Gasteiger partial charge in [0.1, 0.15) is 5.60 Å². The van der Waals surface area contributed by atoms with Gasteiger partial charge < -0.3 is 69.1 Å². The van der Waals surface area contributed by atoms with Gasteiger partial charge in [-0.25, -0.2) is 0 Å². The predicted octanol–water partition coefficient (Wildman–Crippen LogP) is -10.5. The SMILES string of the molecule is O=C([O-])CC(O)(CC(=O)[O-])C(=O)[O-].O=C([O-])[O-].O=P([O-])([O-])[O-]. The van der Waals surface area contributed by atoms with E-state index in [-0.39, 0.29) is 0 Å². The van der Waals surface area contributed by atoms with Gasteiger partial charge in [-0.15, -0.1) is 0 Å². The zero-order chi connectivity index (χ0) is 18.7. The summed E-state index contributed by atoms with van der Waals surface area (Å²) < 4.78 is 8.55. The summed E-state index contributed by atoms with van der Waals surface area (Å²) in [6.07, 6.45) is -5.05. The van der Waals surface area contributed by atoms with Crippen molar-refractivity contribution in [3.8, 4) is 0 Å². The maximum absolute atomic E-state index is 10.1. The third-order valence-corrected chi connectivity index (χ3v) is 1.25. The van der Waals surface area contributed by atoms with Crippen LogP contribution in [0, 0.1) is 0 Å². The molecule has 0 spiro atoms. The van der Waals surface area contributed by atoms with Crippen LogP contribution in [0.1, 0.15) is 12.8 Å². The fraction of sp³-hybridized carbons (Fsp3) is 0.429. The lowest BCUT2D eigenvalue weighted by atomic mass is 9.96. The highest BCUT2D eigenvalue weighted by molar-refractivity contribution is 7.40. The van der Waals surface area contributed by atoms with Crippen molar-refractivity contribution in [2.45, 2.75) is 18.4 Å². The van der Waals surface area contributed by atoms with Gasteiger partial charge >= 0.3 is 0 Å². The summed E-state index contributed by atoms with van der Waals surface area (Å²) >= 11 is 0. The Morgan fingerprint density at radius 2 is 1.00 bits per heavy atom. The quantitative estimate of drug-likeness (QED) is 0.453. The lowest BCUT2D eigenvalue weighted by molar-refractivity contribution is -0.432. The summed E-state index contributed by atoms with van der Waals surface area (Å²) in [6, 6.07) is 0. The highest BCUT2D eigenvalue weighted by atomic mass is 31.2. The summed E-state index contributed by atoms with van der Waals surface area (Å²) in [5.74, 6) is -5.98. The zero-order valence-corrected chi connectivity index (χ0v) is 11.0. The summed E-state index contributed by atoms with van der Waals surface area (Å²) in [4.78, 5) is 64.0. The molecule has 0 aromatic carbocycles. The largest absolute Gasteiger partial charge is 0.822 e. The van der Waals surface area contributed by atoms with Crippen molar-refractivity contribution in [1.29, 1.82) is 0 Å². The number of rotatable bonds is 5. The first-order valence-electron chi connectivity index (χ1n) is 4.46. The monoisotopic (exact) mass is 344 g/mol. The van der Waals surface area contributed by atoms with Gasteiger partial charge in [0.05, 0.1) is 5.97 Å². The van der Waals surface area contributed by atoms with Gasteiger partial charge in [-0.05, 0) is 6.16 Å². The van der Waals surface area contributed by atoms with Crippen LogP contribution in [-0.4, -0.2) is 34.8 Å². The molecule has 0 aliphatic heterocycles. The minimum absolute atomic E-state index is 1.36. The molecule has 0 aromatic heterocycles. The molecule has 0 aliphatic rings.